The van der Waals surface area contributed by atoms with Crippen LogP contribution in [0.3, 0.4) is 0 Å². The van der Waals surface area contributed by atoms with E-state index in [-0.39, 0.29) is 0 Å². The zero-order valence-corrected chi connectivity index (χ0v) is 26.1. The van der Waals surface area contributed by atoms with Gasteiger partial charge in [-0.2, -0.15) is 0 Å². The third kappa shape index (κ3) is 4.06. The van der Waals surface area contributed by atoms with Gasteiger partial charge in [-0.1, -0.05) is 140 Å². The largest absolute Gasteiger partial charge is 0.455 e. The summed E-state index contributed by atoms with van der Waals surface area (Å²) in [4.78, 5) is 0. The second-order valence-electron chi connectivity index (χ2n) is 12.5. The van der Waals surface area contributed by atoms with E-state index in [2.05, 4.69) is 180 Å². The zero-order chi connectivity index (χ0) is 31.6. The molecule has 2 nitrogen and oxygen atoms in total. The van der Waals surface area contributed by atoms with E-state index in [1.165, 1.54) is 60.6 Å². The Morgan fingerprint density at radius 1 is 0.354 bits per heavy atom. The average Bonchev–Trinajstić information content (AvgIpc) is 3.72. The van der Waals surface area contributed by atoms with Gasteiger partial charge in [0.1, 0.15) is 11.2 Å². The van der Waals surface area contributed by atoms with Gasteiger partial charge in [-0.25, -0.2) is 0 Å². The highest BCUT2D eigenvalue weighted by molar-refractivity contribution is 6.35. The van der Waals surface area contributed by atoms with Gasteiger partial charge in [0.15, 0.2) is 0 Å². The van der Waals surface area contributed by atoms with E-state index in [9.17, 15) is 0 Å². The highest BCUT2D eigenvalue weighted by Crippen LogP contribution is 2.46. The number of para-hydroxylation sites is 2. The SMILES string of the molecule is c1ccc(-c2cccc(-c3cc(-c4ccccc4)cc(-n4c5ccccc5c5c6ccccc6c6oc7ccccc7c6c54)c3)c2)cc1. The number of nitrogens with zero attached hydrogens (tertiary/aromatic N) is 1. The Morgan fingerprint density at radius 2 is 0.875 bits per heavy atom. The third-order valence-electron chi connectivity index (χ3n) is 9.73. The van der Waals surface area contributed by atoms with Crippen molar-refractivity contribution in [2.45, 2.75) is 0 Å². The van der Waals surface area contributed by atoms with E-state index in [1.54, 1.807) is 0 Å². The number of furan rings is 1. The Kier molecular flexibility index (Phi) is 5.91. The van der Waals surface area contributed by atoms with Gasteiger partial charge < -0.3 is 8.98 Å². The molecule has 0 bridgehead atoms. The number of benzene rings is 8. The zero-order valence-electron chi connectivity index (χ0n) is 26.1. The lowest BCUT2D eigenvalue weighted by Gasteiger charge is -2.15. The predicted octanol–water partition coefficient (Wildman–Crippen LogP) is 12.8. The van der Waals surface area contributed by atoms with Gasteiger partial charge in [-0.15, -0.1) is 0 Å². The first-order valence-electron chi connectivity index (χ1n) is 16.4. The lowest BCUT2D eigenvalue weighted by atomic mass is 9.95. The molecule has 2 heteroatoms. The molecule has 48 heavy (non-hydrogen) atoms. The van der Waals surface area contributed by atoms with E-state index in [1.807, 2.05) is 0 Å². The minimum atomic E-state index is 0.901. The van der Waals surface area contributed by atoms with Crippen LogP contribution in [0.25, 0.3) is 93.6 Å². The summed E-state index contributed by atoms with van der Waals surface area (Å²) < 4.78 is 9.16. The van der Waals surface area contributed by atoms with Crippen LogP contribution in [-0.4, -0.2) is 4.57 Å². The van der Waals surface area contributed by atoms with Gasteiger partial charge in [0.2, 0.25) is 0 Å². The highest BCUT2D eigenvalue weighted by atomic mass is 16.3. The van der Waals surface area contributed by atoms with Crippen molar-refractivity contribution in [3.63, 3.8) is 0 Å². The van der Waals surface area contributed by atoms with Crippen molar-refractivity contribution in [3.8, 4) is 39.1 Å². The fourth-order valence-corrected chi connectivity index (χ4v) is 7.60. The van der Waals surface area contributed by atoms with Crippen LogP contribution in [0, 0.1) is 0 Å². The van der Waals surface area contributed by atoms with Crippen LogP contribution in [-0.2, 0) is 0 Å². The molecule has 0 spiro atoms. The number of aromatic nitrogens is 1. The first kappa shape index (κ1) is 26.8. The summed E-state index contributed by atoms with van der Waals surface area (Å²) in [5.41, 5.74) is 12.4. The van der Waals surface area contributed by atoms with Crippen molar-refractivity contribution >= 4 is 54.5 Å². The Hall–Kier alpha value is -6.38. The molecule has 0 amide bonds. The van der Waals surface area contributed by atoms with Crippen molar-refractivity contribution < 1.29 is 4.42 Å². The summed E-state index contributed by atoms with van der Waals surface area (Å²) >= 11 is 0. The highest BCUT2D eigenvalue weighted by Gasteiger charge is 2.23. The van der Waals surface area contributed by atoms with Gasteiger partial charge in [0.05, 0.1) is 16.4 Å². The Bertz CT molecular complexity index is 2820. The fourth-order valence-electron chi connectivity index (χ4n) is 7.60. The molecule has 10 rings (SSSR count). The molecule has 0 N–H and O–H groups in total. The van der Waals surface area contributed by atoms with Crippen molar-refractivity contribution in [1.82, 2.24) is 4.57 Å². The monoisotopic (exact) mass is 611 g/mol. The Morgan fingerprint density at radius 3 is 1.62 bits per heavy atom. The molecule has 0 aliphatic heterocycles. The van der Waals surface area contributed by atoms with Crippen LogP contribution in [0.2, 0.25) is 0 Å². The molecule has 0 unspecified atom stereocenters. The predicted molar refractivity (Wildman–Crippen MR) is 202 cm³/mol. The summed E-state index contributed by atoms with van der Waals surface area (Å²) in [6.45, 7) is 0. The summed E-state index contributed by atoms with van der Waals surface area (Å²) in [6, 6.07) is 63.2. The molecule has 0 aliphatic carbocycles. The van der Waals surface area contributed by atoms with Crippen molar-refractivity contribution in [3.05, 3.63) is 176 Å². The first-order chi connectivity index (χ1) is 23.8. The average molecular weight is 612 g/mol. The summed E-state index contributed by atoms with van der Waals surface area (Å²) in [5.74, 6) is 0. The molecule has 0 saturated heterocycles. The molecule has 0 aliphatic rings. The molecule has 0 atom stereocenters. The Balaban J connectivity index is 1.35. The second-order valence-corrected chi connectivity index (χ2v) is 12.5. The maximum absolute atomic E-state index is 6.69. The second kappa shape index (κ2) is 10.6. The molecular formula is C46H29NO. The van der Waals surface area contributed by atoms with Crippen LogP contribution in [0.4, 0.5) is 0 Å². The van der Waals surface area contributed by atoms with Crippen LogP contribution in [0.1, 0.15) is 0 Å². The number of rotatable bonds is 4. The number of hydrogen-bond donors (Lipinski definition) is 0. The molecule has 10 aromatic rings. The standard InChI is InChI=1S/C46H29NO/c1-3-14-30(15-4-1)32-18-13-19-33(26-32)35-27-34(31-16-5-2-6-17-31)28-36(29-35)47-41-24-11-9-22-39(41)43-37-20-7-8-21-38(37)46-44(45(43)47)40-23-10-12-25-42(40)48-46/h1-29H. The molecule has 8 aromatic carbocycles. The molecule has 0 saturated carbocycles. The topological polar surface area (TPSA) is 18.1 Å². The van der Waals surface area contributed by atoms with E-state index in [4.69, 9.17) is 4.42 Å². The van der Waals surface area contributed by atoms with Crippen LogP contribution in [0.15, 0.2) is 180 Å². The molecule has 2 aromatic heterocycles. The van der Waals surface area contributed by atoms with E-state index in [0.717, 1.165) is 33.0 Å². The summed E-state index contributed by atoms with van der Waals surface area (Å²) in [7, 11) is 0. The van der Waals surface area contributed by atoms with Crippen molar-refractivity contribution in [2.24, 2.45) is 0 Å². The fraction of sp³-hybridized carbons (Fsp3) is 0. The van der Waals surface area contributed by atoms with E-state index >= 15 is 0 Å². The van der Waals surface area contributed by atoms with Gasteiger partial charge in [-0.3, -0.25) is 0 Å². The van der Waals surface area contributed by atoms with Crippen LogP contribution in [0.5, 0.6) is 0 Å². The molecule has 2 heterocycles. The quantitative estimate of drug-likeness (QED) is 0.194. The lowest BCUT2D eigenvalue weighted by Crippen LogP contribution is -1.97. The maximum atomic E-state index is 6.69. The smallest absolute Gasteiger partial charge is 0.145 e. The van der Waals surface area contributed by atoms with Crippen LogP contribution < -0.4 is 0 Å². The molecular weight excluding hydrogens is 583 g/mol. The van der Waals surface area contributed by atoms with Gasteiger partial charge in [-0.05, 0) is 75.2 Å². The summed E-state index contributed by atoms with van der Waals surface area (Å²) in [5, 5.41) is 7.08. The van der Waals surface area contributed by atoms with E-state index in [0.29, 0.717) is 0 Å². The molecule has 0 radical (unpaired) electrons. The first-order valence-corrected chi connectivity index (χ1v) is 16.4. The number of hydrogen-bond acceptors (Lipinski definition) is 1. The van der Waals surface area contributed by atoms with Gasteiger partial charge in [0, 0.05) is 27.2 Å². The molecule has 224 valence electrons. The van der Waals surface area contributed by atoms with Crippen molar-refractivity contribution in [1.29, 1.82) is 0 Å². The minimum absolute atomic E-state index is 0.901. The lowest BCUT2D eigenvalue weighted by molar-refractivity contribution is 0.673. The number of fused-ring (bicyclic) bond motifs is 10. The van der Waals surface area contributed by atoms with E-state index < -0.39 is 0 Å². The minimum Gasteiger partial charge on any atom is -0.455 e. The maximum Gasteiger partial charge on any atom is 0.145 e. The Labute approximate surface area is 277 Å². The summed E-state index contributed by atoms with van der Waals surface area (Å²) in [6.07, 6.45) is 0. The normalized spacial score (nSPS) is 11.8. The molecule has 0 fully saturated rings. The third-order valence-corrected chi connectivity index (χ3v) is 9.73. The van der Waals surface area contributed by atoms with Crippen molar-refractivity contribution in [2.75, 3.05) is 0 Å². The van der Waals surface area contributed by atoms with Gasteiger partial charge >= 0.3 is 0 Å². The van der Waals surface area contributed by atoms with Gasteiger partial charge in [0.25, 0.3) is 0 Å². The van der Waals surface area contributed by atoms with Crippen LogP contribution >= 0.6 is 0 Å².